The number of aliphatic hydroxyl groups excluding tert-OH is 1. The molecule has 0 aromatic rings. The maximum atomic E-state index is 7.00. The van der Waals surface area contributed by atoms with Gasteiger partial charge in [0.1, 0.15) is 0 Å². The van der Waals surface area contributed by atoms with E-state index in [1.165, 1.54) is 0 Å². The van der Waals surface area contributed by atoms with Crippen LogP contribution in [0.1, 0.15) is 0 Å². The predicted octanol–water partition coefficient (Wildman–Crippen LogP) is 1.34. The first-order valence-electron chi connectivity index (χ1n) is 0.447. The van der Waals surface area contributed by atoms with Crippen molar-refractivity contribution in [3.05, 3.63) is 0 Å². The molecule has 0 aromatic carbocycles. The third-order valence-electron chi connectivity index (χ3n) is 0. The van der Waals surface area contributed by atoms with Crippen molar-refractivity contribution >= 4 is 50.9 Å². The van der Waals surface area contributed by atoms with Crippen molar-refractivity contribution in [3.63, 3.8) is 0 Å². The van der Waals surface area contributed by atoms with Gasteiger partial charge in [0.2, 0.25) is 0 Å². The number of rotatable bonds is 0. The van der Waals surface area contributed by atoms with Gasteiger partial charge in [-0.1, -0.05) is 0 Å². The second kappa shape index (κ2) is 62.2. The van der Waals surface area contributed by atoms with Crippen LogP contribution in [0, 0.1) is 0 Å². The molecule has 40 valence electrons. The van der Waals surface area contributed by atoms with E-state index < -0.39 is 0 Å². The van der Waals surface area contributed by atoms with Gasteiger partial charge < -0.3 is 5.11 Å². The van der Waals surface area contributed by atoms with E-state index in [2.05, 4.69) is 0 Å². The molecule has 0 amide bonds. The molecule has 0 fully saturated rings. The van der Waals surface area contributed by atoms with E-state index in [0.717, 1.165) is 7.11 Å². The second-order valence-electron chi connectivity index (χ2n) is 0. The normalized spacial score (nSPS) is 1.00. The van der Waals surface area contributed by atoms with Gasteiger partial charge >= 0.3 is 0 Å². The Kier molecular flexibility index (Phi) is 449. The van der Waals surface area contributed by atoms with Crippen LogP contribution in [0.4, 0.5) is 0 Å². The first kappa shape index (κ1) is 43.3. The van der Waals surface area contributed by atoms with Gasteiger partial charge in [-0.2, -0.15) is 0 Å². The Labute approximate surface area is 82.0 Å². The third kappa shape index (κ3) is 37.1. The molecule has 1 nitrogen and oxygen atoms in total. The van der Waals surface area contributed by atoms with Crippen LogP contribution in [0.15, 0.2) is 0 Å². The van der Waals surface area contributed by atoms with Crippen LogP contribution in [-0.2, 0) is 19.5 Å². The average Bonchev–Trinajstić information content (AvgIpc) is 1.00. The van der Waals surface area contributed by atoms with E-state index in [-0.39, 0.29) is 70.4 Å². The number of aliphatic hydroxyl groups is 1. The monoisotopic (exact) mass is 336 g/mol. The summed E-state index contributed by atoms with van der Waals surface area (Å²) in [6, 6.07) is 0. The molecule has 0 rings (SSSR count). The molecular formula is CH7Br3OZn. The Hall–Kier alpha value is 2.02. The maximum absolute atomic E-state index is 7.00. The summed E-state index contributed by atoms with van der Waals surface area (Å²) in [6.07, 6.45) is 0. The van der Waals surface area contributed by atoms with Crippen molar-refractivity contribution in [2.75, 3.05) is 7.11 Å². The first-order chi connectivity index (χ1) is 1.00. The number of hydrogen-bond acceptors (Lipinski definition) is 1. The Morgan fingerprint density at radius 3 is 0.833 bits per heavy atom. The summed E-state index contributed by atoms with van der Waals surface area (Å²) in [5.41, 5.74) is 0. The van der Waals surface area contributed by atoms with Crippen LogP contribution in [0.25, 0.3) is 0 Å². The van der Waals surface area contributed by atoms with Crippen LogP contribution < -0.4 is 0 Å². The fourth-order valence-electron chi connectivity index (χ4n) is 0. The smallest absolute Gasteiger partial charge is 0.0319 e. The summed E-state index contributed by atoms with van der Waals surface area (Å²) >= 11 is 0. The van der Waals surface area contributed by atoms with Crippen molar-refractivity contribution < 1.29 is 24.6 Å². The Morgan fingerprint density at radius 1 is 0.833 bits per heavy atom. The molecule has 1 N–H and O–H groups in total. The SMILES string of the molecule is Br.Br.Br.CO.[Zn]. The Balaban J connectivity index is -0.000000000833. The van der Waals surface area contributed by atoms with Crippen molar-refractivity contribution in [2.45, 2.75) is 0 Å². The van der Waals surface area contributed by atoms with Gasteiger partial charge in [0, 0.05) is 26.6 Å². The zero-order valence-corrected chi connectivity index (χ0v) is 11.5. The van der Waals surface area contributed by atoms with Crippen LogP contribution >= 0.6 is 50.9 Å². The second-order valence-corrected chi connectivity index (χ2v) is 0. The van der Waals surface area contributed by atoms with Gasteiger partial charge in [0.15, 0.2) is 0 Å². The minimum atomic E-state index is 0. The van der Waals surface area contributed by atoms with E-state index in [0.29, 0.717) is 0 Å². The number of halogens is 3. The van der Waals surface area contributed by atoms with E-state index >= 15 is 0 Å². The standard InChI is InChI=1S/CH4O.3BrH.Zn/c1-2;;;;/h2H,1H3;3*1H;. The largest absolute Gasteiger partial charge is 0.400 e. The quantitative estimate of drug-likeness (QED) is 0.660. The predicted molar refractivity (Wildman–Crippen MR) is 39.1 cm³/mol. The van der Waals surface area contributed by atoms with Crippen LogP contribution in [-0.4, -0.2) is 12.2 Å². The van der Waals surface area contributed by atoms with Gasteiger partial charge in [0.05, 0.1) is 0 Å². The third-order valence-corrected chi connectivity index (χ3v) is 0. The van der Waals surface area contributed by atoms with Gasteiger partial charge in [-0.3, -0.25) is 0 Å². The number of hydrogen-bond donors (Lipinski definition) is 1. The first-order valence-corrected chi connectivity index (χ1v) is 0.447. The molecular weight excluding hydrogens is 333 g/mol. The molecule has 0 bridgehead atoms. The molecule has 0 aliphatic heterocycles. The molecule has 0 aliphatic carbocycles. The van der Waals surface area contributed by atoms with Gasteiger partial charge in [-0.15, -0.1) is 50.9 Å². The molecule has 0 radical (unpaired) electrons. The Bertz CT molecular complexity index is 10.8. The fourth-order valence-corrected chi connectivity index (χ4v) is 0. The zero-order valence-electron chi connectivity index (χ0n) is 3.38. The van der Waals surface area contributed by atoms with Crippen molar-refractivity contribution in [2.24, 2.45) is 0 Å². The summed E-state index contributed by atoms with van der Waals surface area (Å²) in [6.45, 7) is 0. The summed E-state index contributed by atoms with van der Waals surface area (Å²) in [5, 5.41) is 7.00. The average molecular weight is 340 g/mol. The molecule has 0 aliphatic rings. The molecule has 5 heteroatoms. The van der Waals surface area contributed by atoms with Crippen molar-refractivity contribution in [3.8, 4) is 0 Å². The minimum absolute atomic E-state index is 0. The Morgan fingerprint density at radius 2 is 0.833 bits per heavy atom. The van der Waals surface area contributed by atoms with Crippen LogP contribution in [0.5, 0.6) is 0 Å². The van der Waals surface area contributed by atoms with Crippen LogP contribution in [0.3, 0.4) is 0 Å². The molecule has 0 saturated heterocycles. The molecule has 0 atom stereocenters. The summed E-state index contributed by atoms with van der Waals surface area (Å²) in [4.78, 5) is 0. The van der Waals surface area contributed by atoms with E-state index in [9.17, 15) is 0 Å². The summed E-state index contributed by atoms with van der Waals surface area (Å²) in [5.74, 6) is 0. The minimum Gasteiger partial charge on any atom is -0.400 e. The molecule has 0 aromatic heterocycles. The van der Waals surface area contributed by atoms with Crippen molar-refractivity contribution in [1.82, 2.24) is 0 Å². The topological polar surface area (TPSA) is 20.2 Å². The van der Waals surface area contributed by atoms with Gasteiger partial charge in [0.25, 0.3) is 0 Å². The van der Waals surface area contributed by atoms with Crippen molar-refractivity contribution in [1.29, 1.82) is 0 Å². The summed E-state index contributed by atoms with van der Waals surface area (Å²) in [7, 11) is 1.00. The molecule has 0 unspecified atom stereocenters. The van der Waals surface area contributed by atoms with Gasteiger partial charge in [-0.25, -0.2) is 0 Å². The molecule has 0 saturated carbocycles. The van der Waals surface area contributed by atoms with E-state index in [4.69, 9.17) is 5.11 Å². The fraction of sp³-hybridized carbons (Fsp3) is 1.00. The van der Waals surface area contributed by atoms with E-state index in [1.807, 2.05) is 0 Å². The zero-order chi connectivity index (χ0) is 2.00. The molecule has 0 heterocycles. The molecule has 6 heavy (non-hydrogen) atoms. The summed E-state index contributed by atoms with van der Waals surface area (Å²) < 4.78 is 0. The molecule has 0 spiro atoms. The van der Waals surface area contributed by atoms with Gasteiger partial charge in [-0.05, 0) is 0 Å². The maximum Gasteiger partial charge on any atom is 0.0319 e. The van der Waals surface area contributed by atoms with Crippen LogP contribution in [0.2, 0.25) is 0 Å². The van der Waals surface area contributed by atoms with E-state index in [1.54, 1.807) is 0 Å².